The second-order valence-electron chi connectivity index (χ2n) is 6.13. The Hall–Kier alpha value is -1.33. The summed E-state index contributed by atoms with van der Waals surface area (Å²) in [5.41, 5.74) is -0.0788. The maximum absolute atomic E-state index is 11.8. The molecule has 8 nitrogen and oxygen atoms in total. The van der Waals surface area contributed by atoms with Crippen molar-refractivity contribution in [3.05, 3.63) is 24.2 Å². The molecule has 2 heterocycles. The van der Waals surface area contributed by atoms with Crippen molar-refractivity contribution >= 4 is 35.8 Å². The number of halogens is 1. The maximum Gasteiger partial charge on any atom is 0.287 e. The highest BCUT2D eigenvalue weighted by atomic mass is 127. The van der Waals surface area contributed by atoms with E-state index in [0.717, 1.165) is 19.6 Å². The lowest BCUT2D eigenvalue weighted by molar-refractivity contribution is 0.0926. The molecule has 1 amide bonds. The largest absolute Gasteiger partial charge is 0.459 e. The van der Waals surface area contributed by atoms with E-state index in [2.05, 4.69) is 20.9 Å². The second kappa shape index (κ2) is 12.1. The number of ether oxygens (including phenoxy) is 1. The number of nitrogens with zero attached hydrogens (tertiary/aromatic N) is 1. The molecule has 0 saturated carbocycles. The normalized spacial score (nSPS) is 19.7. The van der Waals surface area contributed by atoms with E-state index in [9.17, 15) is 9.90 Å². The number of carbonyl (C=O) groups excluding carboxylic acids is 1. The van der Waals surface area contributed by atoms with Gasteiger partial charge in [0, 0.05) is 38.3 Å². The van der Waals surface area contributed by atoms with Crippen LogP contribution >= 0.6 is 24.0 Å². The summed E-state index contributed by atoms with van der Waals surface area (Å²) in [5, 5.41) is 18.4. The van der Waals surface area contributed by atoms with Gasteiger partial charge in [0.15, 0.2) is 11.7 Å². The number of aliphatic hydroxyl groups excluding tert-OH is 1. The van der Waals surface area contributed by atoms with Gasteiger partial charge in [-0.2, -0.15) is 0 Å². The Kier molecular flexibility index (Phi) is 10.6. The summed E-state index contributed by atoms with van der Waals surface area (Å²) in [4.78, 5) is 16.4. The van der Waals surface area contributed by atoms with Gasteiger partial charge in [0.2, 0.25) is 0 Å². The van der Waals surface area contributed by atoms with Gasteiger partial charge in [0.1, 0.15) is 0 Å². The van der Waals surface area contributed by atoms with Gasteiger partial charge in [-0.25, -0.2) is 0 Å². The number of furan rings is 1. The minimum absolute atomic E-state index is 0. The van der Waals surface area contributed by atoms with E-state index in [4.69, 9.17) is 9.15 Å². The Morgan fingerprint density at radius 2 is 2.15 bits per heavy atom. The molecule has 0 bridgehead atoms. The van der Waals surface area contributed by atoms with E-state index in [1.54, 1.807) is 12.1 Å². The van der Waals surface area contributed by atoms with Crippen LogP contribution in [0, 0.1) is 5.41 Å². The van der Waals surface area contributed by atoms with Crippen LogP contribution in [0.4, 0.5) is 0 Å². The van der Waals surface area contributed by atoms with E-state index in [0.29, 0.717) is 44.4 Å². The molecule has 1 aromatic rings. The summed E-state index contributed by atoms with van der Waals surface area (Å²) in [6.45, 7) is 5.83. The van der Waals surface area contributed by atoms with Crippen molar-refractivity contribution in [1.29, 1.82) is 0 Å². The van der Waals surface area contributed by atoms with Crippen molar-refractivity contribution in [3.63, 3.8) is 0 Å². The fourth-order valence-corrected chi connectivity index (χ4v) is 2.73. The Morgan fingerprint density at radius 3 is 2.77 bits per heavy atom. The minimum Gasteiger partial charge on any atom is -0.459 e. The van der Waals surface area contributed by atoms with Crippen LogP contribution in [0.15, 0.2) is 27.8 Å². The van der Waals surface area contributed by atoms with Crippen molar-refractivity contribution in [1.82, 2.24) is 16.0 Å². The predicted octanol–water partition coefficient (Wildman–Crippen LogP) is 0.972. The Bertz CT molecular complexity index is 545. The van der Waals surface area contributed by atoms with E-state index in [1.165, 1.54) is 6.26 Å². The minimum atomic E-state index is -0.237. The first-order chi connectivity index (χ1) is 12.2. The highest BCUT2D eigenvalue weighted by Crippen LogP contribution is 2.32. The Labute approximate surface area is 171 Å². The van der Waals surface area contributed by atoms with Gasteiger partial charge < -0.3 is 30.2 Å². The zero-order chi connectivity index (χ0) is 18.0. The summed E-state index contributed by atoms with van der Waals surface area (Å²) < 4.78 is 10.5. The molecule has 9 heteroatoms. The molecule has 148 valence electrons. The topological polar surface area (TPSA) is 108 Å². The van der Waals surface area contributed by atoms with Crippen molar-refractivity contribution in [2.75, 3.05) is 46.0 Å². The number of guanidine groups is 1. The Balaban J connectivity index is 0.00000338. The quantitative estimate of drug-likeness (QED) is 0.182. The van der Waals surface area contributed by atoms with Crippen LogP contribution in [-0.2, 0) is 4.74 Å². The molecule has 1 fully saturated rings. The molecule has 1 aliphatic heterocycles. The number of amides is 1. The number of rotatable bonds is 9. The molecule has 0 aromatic carbocycles. The van der Waals surface area contributed by atoms with E-state index in [-0.39, 0.29) is 41.9 Å². The number of aliphatic imine (C=N–C) groups is 1. The van der Waals surface area contributed by atoms with Gasteiger partial charge in [-0.1, -0.05) is 0 Å². The third-order valence-electron chi connectivity index (χ3n) is 4.19. The molecular weight excluding hydrogens is 451 g/mol. The van der Waals surface area contributed by atoms with Gasteiger partial charge in [0.25, 0.3) is 5.91 Å². The SMILES string of the molecule is CCNC(=NCC1(CCO)CCOC1)NCCNC(=O)c1ccco1.I. The standard InChI is InChI=1S/C17H28N4O4.HI/c1-2-18-16(21-12-17(5-9-22)6-11-24-13-17)20-8-7-19-15(23)14-4-3-10-25-14;/h3-4,10,22H,2,5-9,11-13H2,1H3,(H,19,23)(H2,18,20,21);1H. The molecule has 0 radical (unpaired) electrons. The smallest absolute Gasteiger partial charge is 0.287 e. The van der Waals surface area contributed by atoms with Crippen molar-refractivity contribution in [2.24, 2.45) is 10.4 Å². The van der Waals surface area contributed by atoms with Gasteiger partial charge in [0.05, 0.1) is 19.4 Å². The number of nitrogens with one attached hydrogen (secondary N) is 3. The molecular formula is C17H29IN4O4. The lowest BCUT2D eigenvalue weighted by atomic mass is 9.84. The van der Waals surface area contributed by atoms with Crippen molar-refractivity contribution in [2.45, 2.75) is 19.8 Å². The molecule has 1 saturated heterocycles. The third kappa shape index (κ3) is 7.12. The lowest BCUT2D eigenvalue weighted by Gasteiger charge is -2.24. The van der Waals surface area contributed by atoms with Gasteiger partial charge in [-0.15, -0.1) is 24.0 Å². The molecule has 1 unspecified atom stereocenters. The average molecular weight is 480 g/mol. The predicted molar refractivity (Wildman–Crippen MR) is 110 cm³/mol. The first-order valence-corrected chi connectivity index (χ1v) is 8.71. The molecule has 0 spiro atoms. The van der Waals surface area contributed by atoms with Crippen LogP contribution in [0.25, 0.3) is 0 Å². The van der Waals surface area contributed by atoms with Crippen LogP contribution in [0.1, 0.15) is 30.3 Å². The highest BCUT2D eigenvalue weighted by Gasteiger charge is 2.34. The maximum atomic E-state index is 11.8. The van der Waals surface area contributed by atoms with E-state index >= 15 is 0 Å². The van der Waals surface area contributed by atoms with Crippen LogP contribution in [-0.4, -0.2) is 63.0 Å². The first kappa shape index (κ1) is 22.7. The number of carbonyl (C=O) groups is 1. The summed E-state index contributed by atoms with van der Waals surface area (Å²) >= 11 is 0. The molecule has 0 aliphatic carbocycles. The fraction of sp³-hybridized carbons (Fsp3) is 0.647. The summed E-state index contributed by atoms with van der Waals surface area (Å²) in [5.74, 6) is 0.755. The number of aliphatic hydroxyl groups is 1. The van der Waals surface area contributed by atoms with Crippen molar-refractivity contribution in [3.8, 4) is 0 Å². The molecule has 26 heavy (non-hydrogen) atoms. The van der Waals surface area contributed by atoms with Crippen LogP contribution in [0.2, 0.25) is 0 Å². The zero-order valence-electron chi connectivity index (χ0n) is 15.1. The monoisotopic (exact) mass is 480 g/mol. The van der Waals surface area contributed by atoms with Gasteiger partial charge in [-0.05, 0) is 31.9 Å². The second-order valence-corrected chi connectivity index (χ2v) is 6.13. The number of hydrogen-bond donors (Lipinski definition) is 4. The summed E-state index contributed by atoms with van der Waals surface area (Å²) in [6, 6.07) is 3.30. The molecule has 1 aromatic heterocycles. The molecule has 2 rings (SSSR count). The van der Waals surface area contributed by atoms with Gasteiger partial charge in [-0.3, -0.25) is 9.79 Å². The van der Waals surface area contributed by atoms with Crippen LogP contribution in [0.3, 0.4) is 0 Å². The first-order valence-electron chi connectivity index (χ1n) is 8.71. The third-order valence-corrected chi connectivity index (χ3v) is 4.19. The number of hydrogen-bond acceptors (Lipinski definition) is 5. The molecule has 4 N–H and O–H groups in total. The van der Waals surface area contributed by atoms with E-state index < -0.39 is 0 Å². The lowest BCUT2D eigenvalue weighted by Crippen LogP contribution is -2.42. The van der Waals surface area contributed by atoms with Crippen molar-refractivity contribution < 1.29 is 19.1 Å². The van der Waals surface area contributed by atoms with Crippen LogP contribution < -0.4 is 16.0 Å². The Morgan fingerprint density at radius 1 is 1.35 bits per heavy atom. The van der Waals surface area contributed by atoms with Gasteiger partial charge >= 0.3 is 0 Å². The molecule has 1 aliphatic rings. The highest BCUT2D eigenvalue weighted by molar-refractivity contribution is 14.0. The summed E-state index contributed by atoms with van der Waals surface area (Å²) in [7, 11) is 0. The zero-order valence-corrected chi connectivity index (χ0v) is 17.5. The summed E-state index contributed by atoms with van der Waals surface area (Å²) in [6.07, 6.45) is 3.07. The van der Waals surface area contributed by atoms with E-state index in [1.807, 2.05) is 6.92 Å². The average Bonchev–Trinajstić information content (AvgIpc) is 3.29. The molecule has 1 atom stereocenters. The fourth-order valence-electron chi connectivity index (χ4n) is 2.73. The van der Waals surface area contributed by atoms with Crippen LogP contribution in [0.5, 0.6) is 0 Å².